The maximum absolute atomic E-state index is 12.4. The highest BCUT2D eigenvalue weighted by Gasteiger charge is 2.32. The first kappa shape index (κ1) is 12.8. The van der Waals surface area contributed by atoms with Crippen molar-refractivity contribution >= 4 is 21.4 Å². The van der Waals surface area contributed by atoms with E-state index in [-0.39, 0.29) is 17.3 Å². The Morgan fingerprint density at radius 2 is 1.75 bits per heavy atom. The summed E-state index contributed by atoms with van der Waals surface area (Å²) in [5.74, 6) is -0.363. The highest BCUT2D eigenvalue weighted by Crippen LogP contribution is 2.43. The molecule has 1 heterocycles. The average molecular weight is 288 g/mol. The van der Waals surface area contributed by atoms with Gasteiger partial charge in [0, 0.05) is 16.8 Å². The molecule has 3 rings (SSSR count). The third kappa shape index (κ3) is 1.81. The van der Waals surface area contributed by atoms with Crippen molar-refractivity contribution in [3.8, 4) is 11.1 Å². The zero-order valence-corrected chi connectivity index (χ0v) is 11.3. The standard InChI is InChI=1S/C14H12N2O3S/c15-8-14(17)16-9-5-6-11-10-3-1-2-4-12(10)20(18,19)13(11)7-9/h1-7H,8,15H2,(H,16,17). The second-order valence-corrected chi connectivity index (χ2v) is 6.35. The molecule has 5 nitrogen and oxygen atoms in total. The highest BCUT2D eigenvalue weighted by molar-refractivity contribution is 7.92. The van der Waals surface area contributed by atoms with Gasteiger partial charge in [-0.15, -0.1) is 0 Å². The summed E-state index contributed by atoms with van der Waals surface area (Å²) >= 11 is 0. The number of sulfone groups is 1. The molecule has 0 spiro atoms. The molecule has 0 atom stereocenters. The SMILES string of the molecule is NCC(=O)Nc1ccc2c(c1)S(=O)(=O)c1ccccc1-2. The molecule has 0 bridgehead atoms. The number of carbonyl (C=O) groups excluding carboxylic acids is 1. The lowest BCUT2D eigenvalue weighted by Gasteiger charge is -2.05. The number of hydrogen-bond donors (Lipinski definition) is 2. The van der Waals surface area contributed by atoms with Crippen LogP contribution in [0.25, 0.3) is 11.1 Å². The van der Waals surface area contributed by atoms with E-state index in [0.717, 1.165) is 0 Å². The number of nitrogens with one attached hydrogen (secondary N) is 1. The Kier molecular flexibility index (Phi) is 2.84. The molecule has 1 aliphatic heterocycles. The molecular formula is C14H12N2O3S. The number of hydrogen-bond acceptors (Lipinski definition) is 4. The Morgan fingerprint density at radius 3 is 2.50 bits per heavy atom. The molecule has 0 fully saturated rings. The van der Waals surface area contributed by atoms with E-state index in [4.69, 9.17) is 5.73 Å². The van der Waals surface area contributed by atoms with Crippen LogP contribution in [0.1, 0.15) is 0 Å². The molecule has 2 aromatic carbocycles. The Balaban J connectivity index is 2.15. The normalized spacial score (nSPS) is 14.4. The van der Waals surface area contributed by atoms with Gasteiger partial charge >= 0.3 is 0 Å². The average Bonchev–Trinajstić information content (AvgIpc) is 2.68. The van der Waals surface area contributed by atoms with Gasteiger partial charge in [0.15, 0.2) is 0 Å². The first-order valence-electron chi connectivity index (χ1n) is 6.02. The van der Waals surface area contributed by atoms with Crippen molar-refractivity contribution in [2.75, 3.05) is 11.9 Å². The number of anilines is 1. The topological polar surface area (TPSA) is 89.3 Å². The number of nitrogens with two attached hydrogens (primary N) is 1. The molecule has 3 N–H and O–H groups in total. The van der Waals surface area contributed by atoms with Gasteiger partial charge in [-0.25, -0.2) is 8.42 Å². The van der Waals surface area contributed by atoms with Gasteiger partial charge in [-0.2, -0.15) is 0 Å². The molecule has 1 amide bonds. The fourth-order valence-corrected chi connectivity index (χ4v) is 4.01. The van der Waals surface area contributed by atoms with Gasteiger partial charge in [-0.3, -0.25) is 4.79 Å². The largest absolute Gasteiger partial charge is 0.325 e. The summed E-state index contributed by atoms with van der Waals surface area (Å²) in [4.78, 5) is 11.8. The first-order valence-corrected chi connectivity index (χ1v) is 7.51. The molecular weight excluding hydrogens is 276 g/mol. The fourth-order valence-electron chi connectivity index (χ4n) is 2.30. The van der Waals surface area contributed by atoms with Crippen LogP contribution >= 0.6 is 0 Å². The van der Waals surface area contributed by atoms with Crippen LogP contribution in [0.5, 0.6) is 0 Å². The summed E-state index contributed by atoms with van der Waals surface area (Å²) in [5.41, 5.74) is 7.00. The predicted molar refractivity (Wildman–Crippen MR) is 75.0 cm³/mol. The van der Waals surface area contributed by atoms with Crippen LogP contribution in [0.4, 0.5) is 5.69 Å². The van der Waals surface area contributed by atoms with Crippen LogP contribution in [-0.2, 0) is 14.6 Å². The minimum absolute atomic E-state index is 0.149. The minimum Gasteiger partial charge on any atom is -0.325 e. The summed E-state index contributed by atoms with van der Waals surface area (Å²) in [5, 5.41) is 2.56. The third-order valence-electron chi connectivity index (χ3n) is 3.21. The molecule has 0 aromatic heterocycles. The van der Waals surface area contributed by atoms with Gasteiger partial charge in [0.25, 0.3) is 0 Å². The number of benzene rings is 2. The lowest BCUT2D eigenvalue weighted by molar-refractivity contribution is -0.114. The maximum Gasteiger partial charge on any atom is 0.238 e. The second-order valence-electron chi connectivity index (χ2n) is 4.46. The smallest absolute Gasteiger partial charge is 0.238 e. The quantitative estimate of drug-likeness (QED) is 0.746. The van der Waals surface area contributed by atoms with E-state index >= 15 is 0 Å². The van der Waals surface area contributed by atoms with Crippen molar-refractivity contribution in [1.82, 2.24) is 0 Å². The van der Waals surface area contributed by atoms with Gasteiger partial charge in [-0.05, 0) is 18.2 Å². The van der Waals surface area contributed by atoms with E-state index in [1.807, 2.05) is 0 Å². The molecule has 0 aliphatic carbocycles. The summed E-state index contributed by atoms with van der Waals surface area (Å²) in [6.45, 7) is -0.149. The molecule has 0 saturated heterocycles. The number of amides is 1. The Labute approximate surface area is 116 Å². The molecule has 0 unspecified atom stereocenters. The summed E-state index contributed by atoms with van der Waals surface area (Å²) in [6, 6.07) is 11.7. The van der Waals surface area contributed by atoms with Crippen LogP contribution < -0.4 is 11.1 Å². The molecule has 0 saturated carbocycles. The lowest BCUT2D eigenvalue weighted by atomic mass is 10.1. The van der Waals surface area contributed by atoms with Gasteiger partial charge in [0.05, 0.1) is 16.3 Å². The molecule has 1 aliphatic rings. The molecule has 2 aromatic rings. The van der Waals surface area contributed by atoms with Gasteiger partial charge < -0.3 is 11.1 Å². The van der Waals surface area contributed by atoms with Gasteiger partial charge in [-0.1, -0.05) is 24.3 Å². The van der Waals surface area contributed by atoms with E-state index in [2.05, 4.69) is 5.32 Å². The fraction of sp³-hybridized carbons (Fsp3) is 0.0714. The Morgan fingerprint density at radius 1 is 1.05 bits per heavy atom. The van der Waals surface area contributed by atoms with Crippen molar-refractivity contribution in [1.29, 1.82) is 0 Å². The molecule has 6 heteroatoms. The first-order chi connectivity index (χ1) is 9.54. The second kappa shape index (κ2) is 4.43. The zero-order valence-electron chi connectivity index (χ0n) is 10.5. The van der Waals surface area contributed by atoms with Gasteiger partial charge in [0.2, 0.25) is 15.7 Å². The zero-order chi connectivity index (χ0) is 14.3. The van der Waals surface area contributed by atoms with Crippen LogP contribution in [0.2, 0.25) is 0 Å². The number of fused-ring (bicyclic) bond motifs is 3. The van der Waals surface area contributed by atoms with Crippen LogP contribution in [0.3, 0.4) is 0 Å². The summed E-state index contributed by atoms with van der Waals surface area (Å²) < 4.78 is 24.9. The number of carbonyl (C=O) groups is 1. The van der Waals surface area contributed by atoms with Crippen molar-refractivity contribution in [3.63, 3.8) is 0 Å². The predicted octanol–water partition coefficient (Wildman–Crippen LogP) is 1.40. The van der Waals surface area contributed by atoms with Crippen LogP contribution in [0.15, 0.2) is 52.3 Å². The van der Waals surface area contributed by atoms with E-state index in [0.29, 0.717) is 21.7 Å². The van der Waals surface area contributed by atoms with Crippen LogP contribution in [0, 0.1) is 0 Å². The third-order valence-corrected chi connectivity index (χ3v) is 5.06. The van der Waals surface area contributed by atoms with E-state index < -0.39 is 9.84 Å². The minimum atomic E-state index is -3.51. The van der Waals surface area contributed by atoms with Crippen molar-refractivity contribution < 1.29 is 13.2 Å². The van der Waals surface area contributed by atoms with E-state index in [1.54, 1.807) is 36.4 Å². The summed E-state index contributed by atoms with van der Waals surface area (Å²) in [6.07, 6.45) is 0. The van der Waals surface area contributed by atoms with E-state index in [9.17, 15) is 13.2 Å². The maximum atomic E-state index is 12.4. The van der Waals surface area contributed by atoms with Crippen molar-refractivity contribution in [3.05, 3.63) is 42.5 Å². The molecule has 20 heavy (non-hydrogen) atoms. The number of rotatable bonds is 2. The van der Waals surface area contributed by atoms with Crippen LogP contribution in [-0.4, -0.2) is 20.9 Å². The van der Waals surface area contributed by atoms with E-state index in [1.165, 1.54) is 6.07 Å². The lowest BCUT2D eigenvalue weighted by Crippen LogP contribution is -2.21. The highest BCUT2D eigenvalue weighted by atomic mass is 32.2. The monoisotopic (exact) mass is 288 g/mol. The molecule has 102 valence electrons. The van der Waals surface area contributed by atoms with Crippen molar-refractivity contribution in [2.24, 2.45) is 5.73 Å². The summed E-state index contributed by atoms with van der Waals surface area (Å²) in [7, 11) is -3.51. The Hall–Kier alpha value is -2.18. The Bertz CT molecular complexity index is 813. The van der Waals surface area contributed by atoms with Gasteiger partial charge in [0.1, 0.15) is 0 Å². The molecule has 0 radical (unpaired) electrons. The van der Waals surface area contributed by atoms with Crippen molar-refractivity contribution in [2.45, 2.75) is 9.79 Å².